The summed E-state index contributed by atoms with van der Waals surface area (Å²) in [7, 11) is 0. The second-order valence-electron chi connectivity index (χ2n) is 16.9. The van der Waals surface area contributed by atoms with E-state index in [0.29, 0.717) is 6.42 Å². The highest BCUT2D eigenvalue weighted by Crippen LogP contribution is 2.23. The molecule has 1 aliphatic heterocycles. The minimum absolute atomic E-state index is 0.209. The van der Waals surface area contributed by atoms with Crippen LogP contribution in [0.2, 0.25) is 0 Å². The van der Waals surface area contributed by atoms with Crippen molar-refractivity contribution in [3.63, 3.8) is 0 Å². The second-order valence-corrected chi connectivity index (χ2v) is 16.9. The fourth-order valence-corrected chi connectivity index (χ4v) is 7.66. The van der Waals surface area contributed by atoms with E-state index in [1.165, 1.54) is 161 Å². The highest BCUT2D eigenvalue weighted by molar-refractivity contribution is 5.70. The average Bonchev–Trinajstić information content (AvgIpc) is 3.21. The van der Waals surface area contributed by atoms with Crippen LogP contribution < -0.4 is 0 Å². The predicted octanol–water partition coefficient (Wildman–Crippen LogP) is 10.6. The second kappa shape index (κ2) is 38.9. The first kappa shape index (κ1) is 53.7. The normalized spacial score (nSPS) is 20.1. The van der Waals surface area contributed by atoms with E-state index < -0.39 is 49.4 Å². The molecule has 10 heteroatoms. The molecule has 1 aliphatic rings. The van der Waals surface area contributed by atoms with Crippen molar-refractivity contribution in [1.29, 1.82) is 0 Å². The molecule has 0 radical (unpaired) electrons. The molecule has 1 fully saturated rings. The van der Waals surface area contributed by atoms with Gasteiger partial charge in [-0.2, -0.15) is 0 Å². The van der Waals surface area contributed by atoms with Gasteiger partial charge < -0.3 is 39.4 Å². The summed E-state index contributed by atoms with van der Waals surface area (Å²) in [4.78, 5) is 25.3. The fourth-order valence-electron chi connectivity index (χ4n) is 7.66. The van der Waals surface area contributed by atoms with Gasteiger partial charge in [0.25, 0.3) is 0 Å². The average molecular weight is 815 g/mol. The lowest BCUT2D eigenvalue weighted by molar-refractivity contribution is -0.305. The van der Waals surface area contributed by atoms with Crippen molar-refractivity contribution >= 4 is 11.9 Å². The number of hydrogen-bond acceptors (Lipinski definition) is 10. The van der Waals surface area contributed by atoms with Crippen LogP contribution in [0.15, 0.2) is 0 Å². The Bertz CT molecular complexity index is 901. The molecule has 2 unspecified atom stereocenters. The Kier molecular flexibility index (Phi) is 36.6. The highest BCUT2D eigenvalue weighted by Gasteiger charge is 2.44. The van der Waals surface area contributed by atoms with Gasteiger partial charge in [-0.3, -0.25) is 9.59 Å². The third-order valence-electron chi connectivity index (χ3n) is 11.5. The largest absolute Gasteiger partial charge is 0.462 e. The summed E-state index contributed by atoms with van der Waals surface area (Å²) in [6, 6.07) is 0. The van der Waals surface area contributed by atoms with Crippen LogP contribution in [0.25, 0.3) is 0 Å². The van der Waals surface area contributed by atoms with Gasteiger partial charge in [-0.1, -0.05) is 206 Å². The first-order valence-electron chi connectivity index (χ1n) is 24.1. The molecule has 0 spiro atoms. The topological polar surface area (TPSA) is 152 Å². The van der Waals surface area contributed by atoms with E-state index in [9.17, 15) is 30.0 Å². The van der Waals surface area contributed by atoms with Crippen molar-refractivity contribution in [2.75, 3.05) is 19.8 Å². The molecule has 6 atom stereocenters. The van der Waals surface area contributed by atoms with Gasteiger partial charge in [0.2, 0.25) is 0 Å². The van der Waals surface area contributed by atoms with E-state index in [1.807, 2.05) is 0 Å². The Balaban J connectivity index is 2.24. The predicted molar refractivity (Wildman–Crippen MR) is 229 cm³/mol. The number of hydrogen-bond donors (Lipinski definition) is 4. The molecule has 57 heavy (non-hydrogen) atoms. The van der Waals surface area contributed by atoms with Crippen LogP contribution in [-0.2, 0) is 28.5 Å². The Morgan fingerprint density at radius 3 is 1.19 bits per heavy atom. The monoisotopic (exact) mass is 815 g/mol. The molecule has 0 saturated carbocycles. The van der Waals surface area contributed by atoms with Crippen LogP contribution in [0.3, 0.4) is 0 Å². The summed E-state index contributed by atoms with van der Waals surface area (Å²) in [5.41, 5.74) is 0. The molecular formula is C47H90O10. The van der Waals surface area contributed by atoms with Crippen LogP contribution in [-0.4, -0.2) is 89.0 Å². The molecular weight excluding hydrogens is 725 g/mol. The number of rotatable bonds is 41. The Morgan fingerprint density at radius 2 is 0.825 bits per heavy atom. The van der Waals surface area contributed by atoms with Crippen molar-refractivity contribution in [2.24, 2.45) is 0 Å². The zero-order chi connectivity index (χ0) is 41.6. The summed E-state index contributed by atoms with van der Waals surface area (Å²) >= 11 is 0. The summed E-state index contributed by atoms with van der Waals surface area (Å²) in [5.74, 6) is -0.790. The standard InChI is InChI=1S/C47H90O10/c1-3-5-7-9-11-13-15-17-18-19-20-21-22-23-24-26-27-29-31-33-35-42(49)54-38-40(39-55-47-46(53)45(52)44(51)41(37-48)57-47)56-43(50)36-34-32-30-28-25-16-14-12-10-8-6-4-2/h40-41,44-48,51-53H,3-39H2,1-2H3/t40-,41-,44+,45?,46?,47-/m0/s1. The molecule has 0 aromatic heterocycles. The summed E-state index contributed by atoms with van der Waals surface area (Å²) < 4.78 is 22.2. The van der Waals surface area contributed by atoms with Crippen molar-refractivity contribution < 1.29 is 49.0 Å². The molecule has 0 aliphatic carbocycles. The van der Waals surface area contributed by atoms with E-state index in [4.69, 9.17) is 18.9 Å². The molecule has 1 rings (SSSR count). The first-order chi connectivity index (χ1) is 27.8. The molecule has 0 aromatic rings. The molecule has 0 amide bonds. The highest BCUT2D eigenvalue weighted by atomic mass is 16.7. The van der Waals surface area contributed by atoms with Crippen LogP contribution in [0.1, 0.15) is 232 Å². The van der Waals surface area contributed by atoms with Crippen LogP contribution in [0.4, 0.5) is 0 Å². The van der Waals surface area contributed by atoms with Gasteiger partial charge >= 0.3 is 11.9 Å². The maximum Gasteiger partial charge on any atom is 0.306 e. The van der Waals surface area contributed by atoms with Crippen LogP contribution >= 0.6 is 0 Å². The van der Waals surface area contributed by atoms with Crippen molar-refractivity contribution in [3.05, 3.63) is 0 Å². The van der Waals surface area contributed by atoms with Crippen LogP contribution in [0.5, 0.6) is 0 Å². The molecule has 1 heterocycles. The van der Waals surface area contributed by atoms with Gasteiger partial charge in [-0.25, -0.2) is 0 Å². The number of carbonyl (C=O) groups excluding carboxylic acids is 2. The summed E-state index contributed by atoms with van der Waals surface area (Å²) in [6.45, 7) is 3.46. The molecule has 10 nitrogen and oxygen atoms in total. The van der Waals surface area contributed by atoms with Gasteiger partial charge in [0.05, 0.1) is 13.2 Å². The zero-order valence-electron chi connectivity index (χ0n) is 36.9. The lowest BCUT2D eigenvalue weighted by Crippen LogP contribution is -2.59. The maximum atomic E-state index is 12.8. The van der Waals surface area contributed by atoms with Crippen molar-refractivity contribution in [2.45, 2.75) is 269 Å². The maximum absolute atomic E-state index is 12.8. The van der Waals surface area contributed by atoms with E-state index >= 15 is 0 Å². The molecule has 338 valence electrons. The Morgan fingerprint density at radius 1 is 0.474 bits per heavy atom. The lowest BCUT2D eigenvalue weighted by Gasteiger charge is -2.39. The number of carbonyl (C=O) groups is 2. The van der Waals surface area contributed by atoms with E-state index in [-0.39, 0.29) is 32.0 Å². The fraction of sp³-hybridized carbons (Fsp3) is 0.957. The number of aliphatic hydroxyl groups excluding tert-OH is 4. The number of unbranched alkanes of at least 4 members (excludes halogenated alkanes) is 30. The Labute approximate surface area is 348 Å². The van der Waals surface area contributed by atoms with Gasteiger partial charge in [0, 0.05) is 12.8 Å². The van der Waals surface area contributed by atoms with Crippen molar-refractivity contribution in [3.8, 4) is 0 Å². The van der Waals surface area contributed by atoms with Gasteiger partial charge in [-0.05, 0) is 12.8 Å². The minimum atomic E-state index is -1.59. The number of ether oxygens (including phenoxy) is 4. The van der Waals surface area contributed by atoms with E-state index in [0.717, 1.165) is 38.5 Å². The minimum Gasteiger partial charge on any atom is -0.462 e. The SMILES string of the molecule is CCCCCCCCCCCCCCCCCCCCCCC(=O)OC[C@@H](CO[C@H]1O[C@@H](CO)[C@@H](O)C(O)C1O)OC(=O)CCCCCCCCCCCCCC. The summed E-state index contributed by atoms with van der Waals surface area (Å²) in [6.07, 6.45) is 32.6. The van der Waals surface area contributed by atoms with Gasteiger partial charge in [-0.15, -0.1) is 0 Å². The third-order valence-corrected chi connectivity index (χ3v) is 11.5. The zero-order valence-corrected chi connectivity index (χ0v) is 36.9. The quantitative estimate of drug-likeness (QED) is 0.0347. The smallest absolute Gasteiger partial charge is 0.306 e. The first-order valence-corrected chi connectivity index (χ1v) is 24.1. The lowest BCUT2D eigenvalue weighted by atomic mass is 9.99. The van der Waals surface area contributed by atoms with Gasteiger partial charge in [0.1, 0.15) is 31.0 Å². The van der Waals surface area contributed by atoms with E-state index in [1.54, 1.807) is 0 Å². The molecule has 0 bridgehead atoms. The van der Waals surface area contributed by atoms with Crippen LogP contribution in [0, 0.1) is 0 Å². The molecule has 0 aromatic carbocycles. The summed E-state index contributed by atoms with van der Waals surface area (Å²) in [5, 5.41) is 40.1. The van der Waals surface area contributed by atoms with E-state index in [2.05, 4.69) is 13.8 Å². The van der Waals surface area contributed by atoms with Gasteiger partial charge in [0.15, 0.2) is 12.4 Å². The third kappa shape index (κ3) is 30.4. The Hall–Kier alpha value is -1.30. The molecule has 4 N–H and O–H groups in total. The number of esters is 2. The molecule has 1 saturated heterocycles. The number of aliphatic hydroxyl groups is 4. The van der Waals surface area contributed by atoms with Crippen molar-refractivity contribution in [1.82, 2.24) is 0 Å².